The molecule has 126 valence electrons. The van der Waals surface area contributed by atoms with E-state index in [0.29, 0.717) is 35.1 Å². The summed E-state index contributed by atoms with van der Waals surface area (Å²) < 4.78 is 4.81. The molecule has 0 saturated heterocycles. The van der Waals surface area contributed by atoms with Crippen molar-refractivity contribution in [3.63, 3.8) is 0 Å². The first-order chi connectivity index (χ1) is 12.1. The Morgan fingerprint density at radius 2 is 1.92 bits per heavy atom. The molecule has 1 aliphatic heterocycles. The van der Waals surface area contributed by atoms with Crippen LogP contribution in [0.3, 0.4) is 0 Å². The number of nitrogens with one attached hydrogen (secondary N) is 2. The van der Waals surface area contributed by atoms with E-state index >= 15 is 0 Å². The van der Waals surface area contributed by atoms with Gasteiger partial charge in [-0.3, -0.25) is 4.79 Å². The normalized spacial score (nSPS) is 13.1. The Balaban J connectivity index is 1.73. The second-order valence-electron chi connectivity index (χ2n) is 5.84. The second kappa shape index (κ2) is 5.62. The third-order valence-corrected chi connectivity index (χ3v) is 4.44. The maximum Gasteiger partial charge on any atom is 0.338 e. The van der Waals surface area contributed by atoms with Crippen LogP contribution in [0.2, 0.25) is 0 Å². The average molecular weight is 337 g/mol. The summed E-state index contributed by atoms with van der Waals surface area (Å²) in [4.78, 5) is 43.1. The number of nitrogens with zero attached hydrogens (tertiary/aromatic N) is 1. The van der Waals surface area contributed by atoms with Crippen LogP contribution in [0.4, 0.5) is 5.69 Å². The van der Waals surface area contributed by atoms with Gasteiger partial charge < -0.3 is 19.6 Å². The molecule has 0 radical (unpaired) electrons. The van der Waals surface area contributed by atoms with Crippen molar-refractivity contribution >= 4 is 28.6 Å². The molecule has 2 N–H and O–H groups in total. The first-order valence-electron chi connectivity index (χ1n) is 7.82. The van der Waals surface area contributed by atoms with Gasteiger partial charge in [0.1, 0.15) is 0 Å². The number of hydrogen-bond donors (Lipinski definition) is 2. The van der Waals surface area contributed by atoms with E-state index < -0.39 is 5.97 Å². The number of carbonyl (C=O) groups is 2. The minimum Gasteiger partial charge on any atom is -0.465 e. The lowest BCUT2D eigenvalue weighted by atomic mass is 10.1. The number of rotatable bonds is 2. The molecule has 7 heteroatoms. The Bertz CT molecular complexity index is 1060. The summed E-state index contributed by atoms with van der Waals surface area (Å²) >= 11 is 0. The molecular formula is C18H15N3O4. The Morgan fingerprint density at radius 3 is 2.72 bits per heavy atom. The first-order valence-corrected chi connectivity index (χ1v) is 7.82. The van der Waals surface area contributed by atoms with Gasteiger partial charge in [0.15, 0.2) is 0 Å². The molecule has 1 aliphatic rings. The Morgan fingerprint density at radius 1 is 1.12 bits per heavy atom. The number of esters is 1. The number of aromatic nitrogens is 2. The zero-order valence-corrected chi connectivity index (χ0v) is 13.5. The van der Waals surface area contributed by atoms with Crippen LogP contribution in [0.15, 0.2) is 41.2 Å². The van der Waals surface area contributed by atoms with E-state index in [9.17, 15) is 14.4 Å². The molecule has 1 aromatic heterocycles. The van der Waals surface area contributed by atoms with E-state index in [1.807, 2.05) is 6.07 Å². The standard InChI is InChI=1S/C18H15N3O4/c1-25-17(23)12-3-2-4-15-11(12)7-8-21(15)16(22)10-5-6-13-14(9-10)20-18(24)19-13/h2-6,9H,7-8H2,1H3,(H2,19,20,24). The molecular weight excluding hydrogens is 322 g/mol. The monoisotopic (exact) mass is 337 g/mol. The second-order valence-corrected chi connectivity index (χ2v) is 5.84. The fraction of sp³-hybridized carbons (Fsp3) is 0.167. The number of fused-ring (bicyclic) bond motifs is 2. The third kappa shape index (κ3) is 2.40. The summed E-state index contributed by atoms with van der Waals surface area (Å²) in [6.45, 7) is 0.490. The van der Waals surface area contributed by atoms with Crippen LogP contribution in [-0.4, -0.2) is 35.5 Å². The maximum atomic E-state index is 12.9. The highest BCUT2D eigenvalue weighted by molar-refractivity contribution is 6.09. The molecule has 0 aliphatic carbocycles. The zero-order chi connectivity index (χ0) is 17.6. The van der Waals surface area contributed by atoms with Crippen molar-refractivity contribution in [2.75, 3.05) is 18.6 Å². The fourth-order valence-corrected chi connectivity index (χ4v) is 3.27. The molecule has 4 rings (SSSR count). The van der Waals surface area contributed by atoms with Gasteiger partial charge in [0.05, 0.1) is 23.7 Å². The summed E-state index contributed by atoms with van der Waals surface area (Å²) in [6, 6.07) is 10.3. The van der Waals surface area contributed by atoms with Gasteiger partial charge in [-0.05, 0) is 42.3 Å². The van der Waals surface area contributed by atoms with Crippen molar-refractivity contribution in [2.45, 2.75) is 6.42 Å². The van der Waals surface area contributed by atoms with Crippen molar-refractivity contribution in [2.24, 2.45) is 0 Å². The number of imidazole rings is 1. The Kier molecular flexibility index (Phi) is 3.42. The average Bonchev–Trinajstić information content (AvgIpc) is 3.21. The molecule has 0 fully saturated rings. The number of methoxy groups -OCH3 is 1. The number of carbonyl (C=O) groups excluding carboxylic acids is 2. The fourth-order valence-electron chi connectivity index (χ4n) is 3.27. The highest BCUT2D eigenvalue weighted by Crippen LogP contribution is 2.32. The first kappa shape index (κ1) is 15.2. The molecule has 0 atom stereocenters. The van der Waals surface area contributed by atoms with E-state index in [2.05, 4.69) is 9.97 Å². The van der Waals surface area contributed by atoms with Crippen molar-refractivity contribution in [1.82, 2.24) is 9.97 Å². The lowest BCUT2D eigenvalue weighted by molar-refractivity contribution is 0.0599. The van der Waals surface area contributed by atoms with Gasteiger partial charge in [0, 0.05) is 17.8 Å². The van der Waals surface area contributed by atoms with Crippen molar-refractivity contribution in [3.05, 3.63) is 63.6 Å². The van der Waals surface area contributed by atoms with Gasteiger partial charge in [-0.15, -0.1) is 0 Å². The molecule has 0 saturated carbocycles. The van der Waals surface area contributed by atoms with Gasteiger partial charge in [-0.2, -0.15) is 0 Å². The lowest BCUT2D eigenvalue weighted by Crippen LogP contribution is -2.28. The van der Waals surface area contributed by atoms with Gasteiger partial charge >= 0.3 is 11.7 Å². The topological polar surface area (TPSA) is 95.3 Å². The molecule has 2 aromatic carbocycles. The predicted molar refractivity (Wildman–Crippen MR) is 92.1 cm³/mol. The number of amides is 1. The summed E-state index contributed by atoms with van der Waals surface area (Å²) in [7, 11) is 1.34. The van der Waals surface area contributed by atoms with Crippen molar-refractivity contribution in [3.8, 4) is 0 Å². The Hall–Kier alpha value is -3.35. The lowest BCUT2D eigenvalue weighted by Gasteiger charge is -2.17. The largest absolute Gasteiger partial charge is 0.465 e. The van der Waals surface area contributed by atoms with E-state index in [0.717, 1.165) is 11.3 Å². The zero-order valence-electron chi connectivity index (χ0n) is 13.5. The van der Waals surface area contributed by atoms with Crippen molar-refractivity contribution in [1.29, 1.82) is 0 Å². The number of anilines is 1. The number of aromatic amines is 2. The van der Waals surface area contributed by atoms with Gasteiger partial charge in [-0.25, -0.2) is 9.59 Å². The summed E-state index contributed by atoms with van der Waals surface area (Å²) in [6.07, 6.45) is 0.593. The van der Waals surface area contributed by atoms with Crippen LogP contribution in [-0.2, 0) is 11.2 Å². The van der Waals surface area contributed by atoms with Crippen LogP contribution in [0.1, 0.15) is 26.3 Å². The minimum absolute atomic E-state index is 0.176. The summed E-state index contributed by atoms with van der Waals surface area (Å²) in [5, 5.41) is 0. The van der Waals surface area contributed by atoms with Crippen LogP contribution in [0.5, 0.6) is 0 Å². The molecule has 1 amide bonds. The van der Waals surface area contributed by atoms with E-state index in [-0.39, 0.29) is 11.6 Å². The van der Waals surface area contributed by atoms with E-state index in [1.54, 1.807) is 35.2 Å². The molecule has 0 unspecified atom stereocenters. The van der Waals surface area contributed by atoms with E-state index in [1.165, 1.54) is 7.11 Å². The quantitative estimate of drug-likeness (QED) is 0.698. The molecule has 7 nitrogen and oxygen atoms in total. The van der Waals surface area contributed by atoms with Gasteiger partial charge in [0.2, 0.25) is 0 Å². The summed E-state index contributed by atoms with van der Waals surface area (Å²) in [5.41, 5.74) is 3.41. The Labute approximate surface area is 142 Å². The molecule has 25 heavy (non-hydrogen) atoms. The highest BCUT2D eigenvalue weighted by atomic mass is 16.5. The van der Waals surface area contributed by atoms with Gasteiger partial charge in [0.25, 0.3) is 5.91 Å². The number of H-pyrrole nitrogens is 2. The molecule has 0 bridgehead atoms. The molecule has 3 aromatic rings. The SMILES string of the molecule is COC(=O)c1cccc2c1CCN2C(=O)c1ccc2[nH]c(=O)[nH]c2c1. The van der Waals surface area contributed by atoms with Crippen molar-refractivity contribution < 1.29 is 14.3 Å². The number of benzene rings is 2. The van der Waals surface area contributed by atoms with Gasteiger partial charge in [-0.1, -0.05) is 6.07 Å². The van der Waals surface area contributed by atoms with Crippen LogP contribution < -0.4 is 10.6 Å². The summed E-state index contributed by atoms with van der Waals surface area (Å²) in [5.74, 6) is -0.581. The third-order valence-electron chi connectivity index (χ3n) is 4.44. The molecule has 2 heterocycles. The maximum absolute atomic E-state index is 12.9. The number of ether oxygens (including phenoxy) is 1. The van der Waals surface area contributed by atoms with Crippen LogP contribution in [0.25, 0.3) is 11.0 Å². The minimum atomic E-state index is -0.405. The number of hydrogen-bond acceptors (Lipinski definition) is 4. The smallest absolute Gasteiger partial charge is 0.338 e. The molecule has 0 spiro atoms. The van der Waals surface area contributed by atoms with E-state index in [4.69, 9.17) is 4.74 Å². The van der Waals surface area contributed by atoms with Crippen LogP contribution in [0, 0.1) is 0 Å². The predicted octanol–water partition coefficient (Wildman–Crippen LogP) is 1.85. The highest BCUT2D eigenvalue weighted by Gasteiger charge is 2.29. The van der Waals surface area contributed by atoms with Crippen LogP contribution >= 0.6 is 0 Å².